The highest BCUT2D eigenvalue weighted by molar-refractivity contribution is 6.30. The minimum atomic E-state index is -0.983. The van der Waals surface area contributed by atoms with Gasteiger partial charge in [-0.25, -0.2) is 0 Å². The Kier molecular flexibility index (Phi) is 5.85. The first-order valence-electron chi connectivity index (χ1n) is 8.05. The van der Waals surface area contributed by atoms with Gasteiger partial charge in [-0.3, -0.25) is 9.59 Å². The van der Waals surface area contributed by atoms with Gasteiger partial charge in [0.15, 0.2) is 0 Å². The minimum absolute atomic E-state index is 0.00412. The summed E-state index contributed by atoms with van der Waals surface area (Å²) in [7, 11) is 0. The van der Waals surface area contributed by atoms with Crippen LogP contribution >= 0.6 is 11.6 Å². The summed E-state index contributed by atoms with van der Waals surface area (Å²) in [4.78, 5) is 23.7. The van der Waals surface area contributed by atoms with Crippen molar-refractivity contribution in [1.29, 1.82) is 0 Å². The Morgan fingerprint density at radius 2 is 1.60 bits per heavy atom. The Labute approximate surface area is 152 Å². The standard InChI is InChI=1S/C20H22ClNO3/c1-20(2,3)15-8-4-14(5-9-15)19(25)22-17(12-18(23)24)13-6-10-16(21)11-7-13/h4-11,17H,12H2,1-3H3,(H,22,25)(H,23,24)/t17-/m0/s1. The van der Waals surface area contributed by atoms with E-state index in [0.717, 1.165) is 5.56 Å². The maximum Gasteiger partial charge on any atom is 0.305 e. The summed E-state index contributed by atoms with van der Waals surface area (Å²) in [5.74, 6) is -1.29. The van der Waals surface area contributed by atoms with Gasteiger partial charge < -0.3 is 10.4 Å². The minimum Gasteiger partial charge on any atom is -0.481 e. The monoisotopic (exact) mass is 359 g/mol. The molecule has 4 nitrogen and oxygen atoms in total. The molecule has 0 saturated carbocycles. The molecular weight excluding hydrogens is 338 g/mol. The second kappa shape index (κ2) is 7.70. The number of carbonyl (C=O) groups is 2. The number of nitrogens with one attached hydrogen (secondary N) is 1. The van der Waals surface area contributed by atoms with E-state index in [9.17, 15) is 9.59 Å². The number of hydrogen-bond donors (Lipinski definition) is 2. The Bertz CT molecular complexity index is 746. The third kappa shape index (κ3) is 5.33. The summed E-state index contributed by atoms with van der Waals surface area (Å²) < 4.78 is 0. The molecule has 1 atom stereocenters. The SMILES string of the molecule is CC(C)(C)c1ccc(C(=O)N[C@@H](CC(=O)O)c2ccc(Cl)cc2)cc1. The summed E-state index contributed by atoms with van der Waals surface area (Å²) in [5.41, 5.74) is 2.33. The third-order valence-electron chi connectivity index (χ3n) is 3.97. The fourth-order valence-electron chi connectivity index (χ4n) is 2.49. The van der Waals surface area contributed by atoms with Crippen molar-refractivity contribution in [3.8, 4) is 0 Å². The van der Waals surface area contributed by atoms with Crippen molar-refractivity contribution < 1.29 is 14.7 Å². The molecule has 25 heavy (non-hydrogen) atoms. The molecule has 1 amide bonds. The molecule has 0 saturated heterocycles. The van der Waals surface area contributed by atoms with E-state index in [1.54, 1.807) is 36.4 Å². The highest BCUT2D eigenvalue weighted by Crippen LogP contribution is 2.23. The topological polar surface area (TPSA) is 66.4 Å². The lowest BCUT2D eigenvalue weighted by atomic mass is 9.86. The zero-order valence-corrected chi connectivity index (χ0v) is 15.3. The Morgan fingerprint density at radius 3 is 2.08 bits per heavy atom. The van der Waals surface area contributed by atoms with Crippen molar-refractivity contribution in [3.63, 3.8) is 0 Å². The largest absolute Gasteiger partial charge is 0.481 e. The summed E-state index contributed by atoms with van der Waals surface area (Å²) in [6.07, 6.45) is -0.201. The lowest BCUT2D eigenvalue weighted by Gasteiger charge is -2.20. The van der Waals surface area contributed by atoms with Crippen LogP contribution in [0.25, 0.3) is 0 Å². The van der Waals surface area contributed by atoms with Gasteiger partial charge in [0.2, 0.25) is 0 Å². The van der Waals surface area contributed by atoms with Gasteiger partial charge in [0.05, 0.1) is 12.5 Å². The molecule has 132 valence electrons. The maximum atomic E-state index is 12.5. The molecule has 0 aliphatic carbocycles. The fourth-order valence-corrected chi connectivity index (χ4v) is 2.61. The van der Waals surface area contributed by atoms with Crippen LogP contribution < -0.4 is 5.32 Å². The van der Waals surface area contributed by atoms with Gasteiger partial charge >= 0.3 is 5.97 Å². The Balaban J connectivity index is 2.19. The first kappa shape index (κ1) is 19.0. The van der Waals surface area contributed by atoms with Crippen LogP contribution in [0.5, 0.6) is 0 Å². The summed E-state index contributed by atoms with van der Waals surface area (Å²) >= 11 is 5.87. The molecule has 0 aliphatic heterocycles. The first-order valence-corrected chi connectivity index (χ1v) is 8.43. The highest BCUT2D eigenvalue weighted by Gasteiger charge is 2.20. The van der Waals surface area contributed by atoms with Crippen LogP contribution in [0, 0.1) is 0 Å². The van der Waals surface area contributed by atoms with Crippen molar-refractivity contribution in [2.45, 2.75) is 38.6 Å². The molecule has 0 aliphatic rings. The fraction of sp³-hybridized carbons (Fsp3) is 0.300. The molecule has 0 bridgehead atoms. The number of hydrogen-bond acceptors (Lipinski definition) is 2. The summed E-state index contributed by atoms with van der Waals surface area (Å²) in [6.45, 7) is 6.31. The molecule has 5 heteroatoms. The number of benzene rings is 2. The van der Waals surface area contributed by atoms with Gasteiger partial charge in [-0.15, -0.1) is 0 Å². The van der Waals surface area contributed by atoms with Crippen molar-refractivity contribution in [2.75, 3.05) is 0 Å². The molecule has 2 aromatic carbocycles. The summed E-state index contributed by atoms with van der Waals surface area (Å²) in [5, 5.41) is 12.5. The zero-order chi connectivity index (χ0) is 18.6. The predicted molar refractivity (Wildman–Crippen MR) is 99.1 cm³/mol. The summed E-state index contributed by atoms with van der Waals surface area (Å²) in [6, 6.07) is 13.5. The number of carboxylic acids is 1. The average Bonchev–Trinajstić information content (AvgIpc) is 2.54. The van der Waals surface area contributed by atoms with Gasteiger partial charge in [0.1, 0.15) is 0 Å². The van der Waals surface area contributed by atoms with Crippen LogP contribution in [-0.4, -0.2) is 17.0 Å². The molecule has 2 rings (SSSR count). The predicted octanol–water partition coefficient (Wildman–Crippen LogP) is 4.58. The van der Waals surface area contributed by atoms with E-state index in [1.165, 1.54) is 0 Å². The van der Waals surface area contributed by atoms with Crippen molar-refractivity contribution in [1.82, 2.24) is 5.32 Å². The zero-order valence-electron chi connectivity index (χ0n) is 14.5. The Morgan fingerprint density at radius 1 is 1.04 bits per heavy atom. The molecule has 2 aromatic rings. The first-order chi connectivity index (χ1) is 11.7. The Hall–Kier alpha value is -2.33. The van der Waals surface area contributed by atoms with Crippen molar-refractivity contribution in [3.05, 3.63) is 70.2 Å². The molecule has 2 N–H and O–H groups in total. The lowest BCUT2D eigenvalue weighted by Crippen LogP contribution is -2.30. The van der Waals surface area contributed by atoms with Crippen LogP contribution in [0.15, 0.2) is 48.5 Å². The van der Waals surface area contributed by atoms with Crippen LogP contribution in [0.2, 0.25) is 5.02 Å². The second-order valence-corrected chi connectivity index (χ2v) is 7.44. The molecule has 0 fully saturated rings. The second-order valence-electron chi connectivity index (χ2n) is 7.00. The third-order valence-corrected chi connectivity index (χ3v) is 4.22. The number of carbonyl (C=O) groups excluding carboxylic acids is 1. The lowest BCUT2D eigenvalue weighted by molar-refractivity contribution is -0.137. The van der Waals surface area contributed by atoms with Crippen molar-refractivity contribution >= 4 is 23.5 Å². The van der Waals surface area contributed by atoms with Gasteiger partial charge in [0, 0.05) is 10.6 Å². The van der Waals surface area contributed by atoms with E-state index in [1.807, 2.05) is 12.1 Å². The number of halogens is 1. The highest BCUT2D eigenvalue weighted by atomic mass is 35.5. The van der Waals surface area contributed by atoms with E-state index >= 15 is 0 Å². The van der Waals surface area contributed by atoms with E-state index in [4.69, 9.17) is 16.7 Å². The van der Waals surface area contributed by atoms with E-state index in [-0.39, 0.29) is 17.7 Å². The quantitative estimate of drug-likeness (QED) is 0.820. The van der Waals surface area contributed by atoms with Crippen LogP contribution in [-0.2, 0) is 10.2 Å². The molecular formula is C20H22ClNO3. The van der Waals surface area contributed by atoms with E-state index in [2.05, 4.69) is 26.1 Å². The van der Waals surface area contributed by atoms with E-state index in [0.29, 0.717) is 16.1 Å². The van der Waals surface area contributed by atoms with Gasteiger partial charge in [-0.05, 0) is 40.8 Å². The van der Waals surface area contributed by atoms with Crippen molar-refractivity contribution in [2.24, 2.45) is 0 Å². The average molecular weight is 360 g/mol. The number of rotatable bonds is 5. The molecule has 0 radical (unpaired) electrons. The molecule has 0 heterocycles. The molecule has 0 aromatic heterocycles. The molecule has 0 spiro atoms. The van der Waals surface area contributed by atoms with Gasteiger partial charge in [-0.2, -0.15) is 0 Å². The molecule has 0 unspecified atom stereocenters. The van der Waals surface area contributed by atoms with Gasteiger partial charge in [-0.1, -0.05) is 56.6 Å². The maximum absolute atomic E-state index is 12.5. The number of carboxylic acid groups (broad SMARTS) is 1. The van der Waals surface area contributed by atoms with E-state index < -0.39 is 12.0 Å². The smallest absolute Gasteiger partial charge is 0.305 e. The number of amides is 1. The van der Waals surface area contributed by atoms with Crippen LogP contribution in [0.1, 0.15) is 54.7 Å². The van der Waals surface area contributed by atoms with Crippen LogP contribution in [0.3, 0.4) is 0 Å². The van der Waals surface area contributed by atoms with Crippen LogP contribution in [0.4, 0.5) is 0 Å². The number of aliphatic carboxylic acids is 1. The van der Waals surface area contributed by atoms with Gasteiger partial charge in [0.25, 0.3) is 5.91 Å². The normalized spacial score (nSPS) is 12.5.